The van der Waals surface area contributed by atoms with Crippen LogP contribution in [-0.4, -0.2) is 18.4 Å². The van der Waals surface area contributed by atoms with E-state index in [1.165, 1.54) is 0 Å². The summed E-state index contributed by atoms with van der Waals surface area (Å²) in [7, 11) is 0. The Morgan fingerprint density at radius 2 is 1.46 bits per heavy atom. The average molecular weight is 368 g/mol. The largest absolute Gasteiger partial charge is 0.366 e. The van der Waals surface area contributed by atoms with Gasteiger partial charge in [-0.1, -0.05) is 66.4 Å². The lowest BCUT2D eigenvalue weighted by atomic mass is 10.0. The molecule has 138 valence electrons. The molecule has 3 N–H and O–H groups in total. The van der Waals surface area contributed by atoms with E-state index in [0.29, 0.717) is 12.0 Å². The zero-order valence-corrected chi connectivity index (χ0v) is 15.3. The lowest BCUT2D eigenvalue weighted by Crippen LogP contribution is -2.25. The molecule has 0 aliphatic carbocycles. The molecule has 0 aliphatic rings. The van der Waals surface area contributed by atoms with E-state index in [4.69, 9.17) is 5.73 Å². The second-order valence-electron chi connectivity index (χ2n) is 6.26. The van der Waals surface area contributed by atoms with Crippen LogP contribution in [0, 0.1) is 11.8 Å². The molecule has 0 saturated heterocycles. The molecule has 0 heterocycles. The van der Waals surface area contributed by atoms with Crippen LogP contribution in [0.2, 0.25) is 0 Å². The zero-order valence-electron chi connectivity index (χ0n) is 15.3. The molecule has 0 bridgehead atoms. The summed E-state index contributed by atoms with van der Waals surface area (Å²) >= 11 is 0. The van der Waals surface area contributed by atoms with Crippen LogP contribution in [0.4, 0.5) is 0 Å². The van der Waals surface area contributed by atoms with Gasteiger partial charge in [0.25, 0.3) is 0 Å². The van der Waals surface area contributed by atoms with Crippen molar-refractivity contribution in [3.63, 3.8) is 0 Å². The van der Waals surface area contributed by atoms with Crippen LogP contribution in [0.15, 0.2) is 78.9 Å². The maximum atomic E-state index is 12.1. The smallest absolute Gasteiger partial charge is 0.248 e. The van der Waals surface area contributed by atoms with Crippen LogP contribution in [0.3, 0.4) is 0 Å². The number of rotatable bonds is 5. The van der Waals surface area contributed by atoms with Crippen molar-refractivity contribution in [3.05, 3.63) is 95.6 Å². The molecule has 4 nitrogen and oxygen atoms in total. The molecule has 0 fully saturated rings. The summed E-state index contributed by atoms with van der Waals surface area (Å²) < 4.78 is 0. The van der Waals surface area contributed by atoms with Gasteiger partial charge in [-0.2, -0.15) is 0 Å². The molecule has 0 aromatic heterocycles. The van der Waals surface area contributed by atoms with E-state index in [1.807, 2.05) is 42.5 Å². The summed E-state index contributed by atoms with van der Waals surface area (Å²) in [4.78, 5) is 23.1. The van der Waals surface area contributed by atoms with Gasteiger partial charge in [-0.05, 0) is 41.0 Å². The van der Waals surface area contributed by atoms with Crippen molar-refractivity contribution in [1.82, 2.24) is 5.32 Å². The fourth-order valence-electron chi connectivity index (χ4n) is 2.70. The van der Waals surface area contributed by atoms with E-state index in [-0.39, 0.29) is 12.5 Å². The SMILES string of the molecule is NC(=O)c1ccc(C#CCNC(=O)Cc2ccc(-c3ccccc3)cc2)cc1. The van der Waals surface area contributed by atoms with Gasteiger partial charge in [-0.15, -0.1) is 0 Å². The Kier molecular flexibility index (Phi) is 6.22. The van der Waals surface area contributed by atoms with Crippen molar-refractivity contribution in [2.45, 2.75) is 6.42 Å². The van der Waals surface area contributed by atoms with Gasteiger partial charge in [0.15, 0.2) is 0 Å². The Balaban J connectivity index is 1.49. The van der Waals surface area contributed by atoms with Crippen LogP contribution >= 0.6 is 0 Å². The third kappa shape index (κ3) is 5.33. The van der Waals surface area contributed by atoms with E-state index in [1.54, 1.807) is 24.3 Å². The maximum absolute atomic E-state index is 12.1. The minimum atomic E-state index is -0.469. The highest BCUT2D eigenvalue weighted by Gasteiger charge is 2.03. The molecular weight excluding hydrogens is 348 g/mol. The molecule has 3 aromatic rings. The van der Waals surface area contributed by atoms with Gasteiger partial charge in [0.2, 0.25) is 11.8 Å². The van der Waals surface area contributed by atoms with Gasteiger partial charge in [0, 0.05) is 11.1 Å². The van der Waals surface area contributed by atoms with Crippen molar-refractivity contribution >= 4 is 11.8 Å². The summed E-state index contributed by atoms with van der Waals surface area (Å²) in [6.45, 7) is 0.262. The van der Waals surface area contributed by atoms with Crippen molar-refractivity contribution < 1.29 is 9.59 Å². The van der Waals surface area contributed by atoms with Crippen molar-refractivity contribution in [3.8, 4) is 23.0 Å². The number of amides is 2. The predicted octanol–water partition coefficient (Wildman–Crippen LogP) is 3.16. The summed E-state index contributed by atoms with van der Waals surface area (Å²) in [6.07, 6.45) is 0.310. The molecule has 28 heavy (non-hydrogen) atoms. The number of benzene rings is 3. The third-order valence-electron chi connectivity index (χ3n) is 4.20. The van der Waals surface area contributed by atoms with Gasteiger partial charge < -0.3 is 11.1 Å². The van der Waals surface area contributed by atoms with Crippen molar-refractivity contribution in [2.75, 3.05) is 6.54 Å². The normalized spacial score (nSPS) is 9.86. The van der Waals surface area contributed by atoms with Crippen LogP contribution in [0.5, 0.6) is 0 Å². The highest BCUT2D eigenvalue weighted by Crippen LogP contribution is 2.19. The lowest BCUT2D eigenvalue weighted by molar-refractivity contribution is -0.120. The van der Waals surface area contributed by atoms with Gasteiger partial charge >= 0.3 is 0 Å². The highest BCUT2D eigenvalue weighted by atomic mass is 16.1. The summed E-state index contributed by atoms with van der Waals surface area (Å²) in [5, 5.41) is 2.79. The topological polar surface area (TPSA) is 72.2 Å². The minimum absolute atomic E-state index is 0.0779. The molecule has 3 aromatic carbocycles. The number of nitrogens with one attached hydrogen (secondary N) is 1. The number of hydrogen-bond acceptors (Lipinski definition) is 2. The molecule has 0 spiro atoms. The van der Waals surface area contributed by atoms with E-state index in [0.717, 1.165) is 22.3 Å². The summed E-state index contributed by atoms with van der Waals surface area (Å²) in [5.74, 6) is 5.29. The first-order valence-electron chi connectivity index (χ1n) is 8.91. The fraction of sp³-hybridized carbons (Fsp3) is 0.0833. The van der Waals surface area contributed by atoms with Gasteiger partial charge in [-0.3, -0.25) is 9.59 Å². The Bertz CT molecular complexity index is 1010. The van der Waals surface area contributed by atoms with Crippen LogP contribution in [-0.2, 0) is 11.2 Å². The molecule has 4 heteroatoms. The first-order valence-corrected chi connectivity index (χ1v) is 8.91. The molecule has 0 aliphatic heterocycles. The first kappa shape index (κ1) is 18.9. The number of carbonyl (C=O) groups excluding carboxylic acids is 2. The molecular formula is C24H20N2O2. The van der Waals surface area contributed by atoms with E-state index in [2.05, 4.69) is 29.3 Å². The Hall–Kier alpha value is -3.84. The summed E-state index contributed by atoms with van der Waals surface area (Å²) in [5.41, 5.74) is 9.62. The Morgan fingerprint density at radius 3 is 2.11 bits per heavy atom. The third-order valence-corrected chi connectivity index (χ3v) is 4.20. The highest BCUT2D eigenvalue weighted by molar-refractivity contribution is 5.92. The number of carbonyl (C=O) groups is 2. The first-order chi connectivity index (χ1) is 13.6. The molecule has 0 atom stereocenters. The fourth-order valence-corrected chi connectivity index (χ4v) is 2.70. The maximum Gasteiger partial charge on any atom is 0.248 e. The van der Waals surface area contributed by atoms with Crippen LogP contribution in [0.25, 0.3) is 11.1 Å². The number of hydrogen-bond donors (Lipinski definition) is 2. The van der Waals surface area contributed by atoms with Crippen molar-refractivity contribution in [1.29, 1.82) is 0 Å². The Labute approximate surface area is 164 Å². The molecule has 3 rings (SSSR count). The van der Waals surface area contributed by atoms with Crippen molar-refractivity contribution in [2.24, 2.45) is 5.73 Å². The lowest BCUT2D eigenvalue weighted by Gasteiger charge is -2.05. The Morgan fingerprint density at radius 1 is 0.821 bits per heavy atom. The van der Waals surface area contributed by atoms with Gasteiger partial charge in [0.1, 0.15) is 0 Å². The van der Waals surface area contributed by atoms with Gasteiger partial charge in [-0.25, -0.2) is 0 Å². The standard InChI is InChI=1S/C24H20N2O2/c25-24(28)22-14-8-18(9-15-22)5-4-16-26-23(27)17-19-10-12-21(13-11-19)20-6-2-1-3-7-20/h1-3,6-15H,16-17H2,(H2,25,28)(H,26,27). The second-order valence-corrected chi connectivity index (χ2v) is 6.26. The minimum Gasteiger partial charge on any atom is -0.366 e. The molecule has 0 unspecified atom stereocenters. The predicted molar refractivity (Wildman–Crippen MR) is 110 cm³/mol. The molecule has 2 amide bonds. The molecule has 0 saturated carbocycles. The van der Waals surface area contributed by atoms with E-state index < -0.39 is 5.91 Å². The van der Waals surface area contributed by atoms with Crippen LogP contribution < -0.4 is 11.1 Å². The van der Waals surface area contributed by atoms with Crippen LogP contribution in [0.1, 0.15) is 21.5 Å². The summed E-state index contributed by atoms with van der Waals surface area (Å²) in [6, 6.07) is 24.8. The number of primary amides is 1. The van der Waals surface area contributed by atoms with Gasteiger partial charge in [0.05, 0.1) is 13.0 Å². The zero-order chi connectivity index (χ0) is 19.8. The van der Waals surface area contributed by atoms with E-state index >= 15 is 0 Å². The van der Waals surface area contributed by atoms with E-state index in [9.17, 15) is 9.59 Å². The molecule has 0 radical (unpaired) electrons. The monoisotopic (exact) mass is 368 g/mol. The average Bonchev–Trinajstić information content (AvgIpc) is 2.73. The second kappa shape index (κ2) is 9.20. The number of nitrogens with two attached hydrogens (primary N) is 1. The quantitative estimate of drug-likeness (QED) is 0.679.